The molecule has 1 aliphatic heterocycles. The number of carbonyl (C=O) groups is 1. The van der Waals surface area contributed by atoms with Gasteiger partial charge in [-0.1, -0.05) is 61.9 Å². The highest BCUT2D eigenvalue weighted by Gasteiger charge is 2.50. The number of sulfonamides is 1. The highest BCUT2D eigenvalue weighted by Crippen LogP contribution is 2.57. The number of Topliss-reactive ketones (excluding diaryl/α,β-unsaturated/α-hetero) is 1. The molecule has 2 aromatic carbocycles. The first kappa shape index (κ1) is 31.8. The van der Waals surface area contributed by atoms with Crippen LogP contribution in [0.2, 0.25) is 0 Å². The summed E-state index contributed by atoms with van der Waals surface area (Å²) >= 11 is 0. The van der Waals surface area contributed by atoms with Crippen molar-refractivity contribution in [3.8, 4) is 0 Å². The molecule has 2 aromatic heterocycles. The van der Waals surface area contributed by atoms with Gasteiger partial charge in [-0.3, -0.25) is 23.9 Å². The number of nitrogens with zero attached hydrogens (tertiary/aromatic N) is 3. The number of benzene rings is 2. The standard InChI is InChI=1S/C32H36N6O6S2/c1-31(2,3)14-15-32(34-19-26-33-18-21-9-7-8-16-38(21)26)23-11-6-5-10-22(23)28(39)27(29(32)40)30-35-24-13-12-20(36-45(4,41)42)17-25(24)46(43,44)37-30/h5-13,16-18,34,36,39,43-44H,14-15,19H2,1-4H3,(H,35,37). The van der Waals surface area contributed by atoms with Crippen LogP contribution in [0.3, 0.4) is 0 Å². The molecule has 0 spiro atoms. The van der Waals surface area contributed by atoms with Gasteiger partial charge in [0.25, 0.3) is 0 Å². The molecular weight excluding hydrogens is 629 g/mol. The molecule has 0 saturated carbocycles. The Morgan fingerprint density at radius 1 is 1.07 bits per heavy atom. The van der Waals surface area contributed by atoms with Crippen LogP contribution in [0.4, 0.5) is 11.4 Å². The fourth-order valence-corrected chi connectivity index (χ4v) is 7.60. The molecule has 3 heterocycles. The van der Waals surface area contributed by atoms with Gasteiger partial charge in [-0.25, -0.2) is 13.4 Å². The summed E-state index contributed by atoms with van der Waals surface area (Å²) in [6.45, 7) is 6.47. The summed E-state index contributed by atoms with van der Waals surface area (Å²) < 4.78 is 54.3. The van der Waals surface area contributed by atoms with Gasteiger partial charge in [-0.15, -0.1) is 4.40 Å². The van der Waals surface area contributed by atoms with Gasteiger partial charge < -0.3 is 14.8 Å². The Bertz CT molecular complexity index is 2050. The van der Waals surface area contributed by atoms with Crippen LogP contribution in [0.25, 0.3) is 11.3 Å². The second kappa shape index (κ2) is 11.2. The first-order chi connectivity index (χ1) is 21.6. The zero-order valence-corrected chi connectivity index (χ0v) is 27.4. The number of hydrogen-bond acceptors (Lipinski definition) is 10. The molecule has 6 N–H and O–H groups in total. The lowest BCUT2D eigenvalue weighted by atomic mass is 9.69. The topological polar surface area (TPSA) is 178 Å². The Morgan fingerprint density at radius 2 is 1.80 bits per heavy atom. The van der Waals surface area contributed by atoms with Crippen molar-refractivity contribution >= 4 is 55.1 Å². The van der Waals surface area contributed by atoms with E-state index in [-0.39, 0.29) is 45.4 Å². The molecule has 6 rings (SSSR count). The Kier molecular flexibility index (Phi) is 7.76. The van der Waals surface area contributed by atoms with Crippen molar-refractivity contribution in [2.45, 2.75) is 50.6 Å². The maximum atomic E-state index is 14.9. The predicted octanol–water partition coefficient (Wildman–Crippen LogP) is 5.92. The summed E-state index contributed by atoms with van der Waals surface area (Å²) in [6, 6.07) is 17.0. The van der Waals surface area contributed by atoms with E-state index in [1.165, 1.54) is 18.2 Å². The van der Waals surface area contributed by atoms with Crippen molar-refractivity contribution in [3.63, 3.8) is 0 Å². The average Bonchev–Trinajstić information content (AvgIpc) is 3.39. The number of ketones is 1. The van der Waals surface area contributed by atoms with Gasteiger partial charge in [-0.05, 0) is 54.2 Å². The minimum absolute atomic E-state index is 0.0584. The number of rotatable bonds is 8. The Morgan fingerprint density at radius 3 is 2.54 bits per heavy atom. The summed E-state index contributed by atoms with van der Waals surface area (Å²) in [4.78, 5) is 19.5. The maximum absolute atomic E-state index is 14.9. The van der Waals surface area contributed by atoms with E-state index >= 15 is 0 Å². The monoisotopic (exact) mass is 664 g/mol. The molecule has 0 radical (unpaired) electrons. The minimum atomic E-state index is -3.93. The lowest BCUT2D eigenvalue weighted by Crippen LogP contribution is -2.54. The Balaban J connectivity index is 1.46. The van der Waals surface area contributed by atoms with Crippen LogP contribution >= 0.6 is 10.8 Å². The van der Waals surface area contributed by atoms with E-state index in [4.69, 9.17) is 0 Å². The SMILES string of the molecule is CC(C)(C)CCC1(NCc2ncc3ccccn23)C(=O)C(C2=NS(O)(O)c3cc(NS(C)(=O)=O)ccc3N2)=C(O)c2ccccc21. The number of carbonyl (C=O) groups excluding carboxylic acids is 1. The molecule has 2 aliphatic rings. The maximum Gasteiger partial charge on any atom is 0.229 e. The molecule has 4 aromatic rings. The van der Waals surface area contributed by atoms with Gasteiger partial charge in [0.1, 0.15) is 27.6 Å². The fourth-order valence-electron chi connectivity index (χ4n) is 5.86. The van der Waals surface area contributed by atoms with Crippen molar-refractivity contribution in [2.75, 3.05) is 16.3 Å². The molecule has 242 valence electrons. The van der Waals surface area contributed by atoms with E-state index in [0.717, 1.165) is 11.8 Å². The third-order valence-electron chi connectivity index (χ3n) is 8.10. The molecule has 1 atom stereocenters. The van der Waals surface area contributed by atoms with Crippen LogP contribution in [0, 0.1) is 5.41 Å². The molecule has 0 amide bonds. The number of imidazole rings is 1. The quantitative estimate of drug-likeness (QED) is 0.133. The summed E-state index contributed by atoms with van der Waals surface area (Å²) in [7, 11) is -7.56. The fraction of sp³-hybridized carbons (Fsp3) is 0.281. The Hall–Kier alpha value is -4.21. The number of anilines is 2. The number of pyridine rings is 1. The zero-order valence-electron chi connectivity index (χ0n) is 25.8. The number of aliphatic hydroxyl groups excluding tert-OH is 1. The summed E-state index contributed by atoms with van der Waals surface area (Å²) in [5.41, 5.74) is 0.518. The molecule has 0 saturated heterocycles. The van der Waals surface area contributed by atoms with Gasteiger partial charge >= 0.3 is 0 Å². The van der Waals surface area contributed by atoms with Crippen LogP contribution in [0.1, 0.15) is 50.6 Å². The number of fused-ring (bicyclic) bond motifs is 3. The largest absolute Gasteiger partial charge is 0.506 e. The molecule has 1 aliphatic carbocycles. The number of aromatic nitrogens is 2. The van der Waals surface area contributed by atoms with Crippen LogP contribution in [0.15, 0.2) is 87.9 Å². The molecule has 0 bridgehead atoms. The molecule has 12 nitrogen and oxygen atoms in total. The number of amidine groups is 1. The van der Waals surface area contributed by atoms with Crippen LogP contribution in [-0.4, -0.2) is 49.9 Å². The van der Waals surface area contributed by atoms with Gasteiger partial charge in [0.15, 0.2) is 11.6 Å². The predicted molar refractivity (Wildman–Crippen MR) is 180 cm³/mol. The molecule has 46 heavy (non-hydrogen) atoms. The van der Waals surface area contributed by atoms with E-state index in [1.54, 1.807) is 18.3 Å². The first-order valence-electron chi connectivity index (χ1n) is 14.6. The highest BCUT2D eigenvalue weighted by atomic mass is 32.3. The second-order valence-corrected chi connectivity index (χ2v) is 16.2. The van der Waals surface area contributed by atoms with Crippen LogP contribution < -0.4 is 15.4 Å². The third-order valence-corrected chi connectivity index (χ3v) is 10.1. The molecule has 14 heteroatoms. The molecular formula is C32H36N6O6S2. The normalized spacial score (nSPS) is 20.0. The van der Waals surface area contributed by atoms with Crippen molar-refractivity contribution < 1.29 is 27.4 Å². The van der Waals surface area contributed by atoms with Gasteiger partial charge in [0.05, 0.1) is 35.9 Å². The average molecular weight is 665 g/mol. The van der Waals surface area contributed by atoms with Crippen molar-refractivity contribution in [1.29, 1.82) is 0 Å². The smallest absolute Gasteiger partial charge is 0.229 e. The third kappa shape index (κ3) is 5.89. The molecule has 0 fully saturated rings. The summed E-state index contributed by atoms with van der Waals surface area (Å²) in [6.07, 6.45) is 5.62. The van der Waals surface area contributed by atoms with Crippen molar-refractivity contribution in [2.24, 2.45) is 9.81 Å². The number of hydrogen-bond donors (Lipinski definition) is 6. The summed E-state index contributed by atoms with van der Waals surface area (Å²) in [5, 5.41) is 18.2. The van der Waals surface area contributed by atoms with E-state index < -0.39 is 32.1 Å². The van der Waals surface area contributed by atoms with Crippen molar-refractivity contribution in [3.05, 3.63) is 95.6 Å². The van der Waals surface area contributed by atoms with Crippen LogP contribution in [0.5, 0.6) is 0 Å². The van der Waals surface area contributed by atoms with Gasteiger partial charge in [-0.2, -0.15) is 0 Å². The van der Waals surface area contributed by atoms with Gasteiger partial charge in [0.2, 0.25) is 10.0 Å². The summed E-state index contributed by atoms with van der Waals surface area (Å²) in [5.74, 6) is -0.359. The van der Waals surface area contributed by atoms with E-state index in [2.05, 4.69) is 45.5 Å². The van der Waals surface area contributed by atoms with Crippen LogP contribution in [-0.2, 0) is 26.9 Å². The number of nitrogens with one attached hydrogen (secondary N) is 3. The van der Waals surface area contributed by atoms with E-state index in [1.807, 2.05) is 40.9 Å². The second-order valence-electron chi connectivity index (χ2n) is 12.8. The lowest BCUT2D eigenvalue weighted by molar-refractivity contribution is -0.122. The number of aliphatic hydroxyl groups is 1. The van der Waals surface area contributed by atoms with E-state index in [0.29, 0.717) is 29.8 Å². The first-order valence-corrected chi connectivity index (χ1v) is 18.0. The van der Waals surface area contributed by atoms with Gasteiger partial charge in [0, 0.05) is 11.8 Å². The van der Waals surface area contributed by atoms with E-state index in [9.17, 15) is 27.4 Å². The minimum Gasteiger partial charge on any atom is -0.506 e. The highest BCUT2D eigenvalue weighted by molar-refractivity contribution is 8.23. The lowest BCUT2D eigenvalue weighted by Gasteiger charge is -2.42. The Labute approximate surface area is 268 Å². The molecule has 1 unspecified atom stereocenters. The van der Waals surface area contributed by atoms with Crippen molar-refractivity contribution in [1.82, 2.24) is 14.7 Å². The zero-order chi connectivity index (χ0) is 33.1.